The SMILES string of the molecule is CCOc1cccc(NC(=O)[C@H]2CC(=O)N(C)C(=Nc3ccc(C)c(C)c3)S2)c1. The van der Waals surface area contributed by atoms with E-state index in [1.165, 1.54) is 22.2 Å². The summed E-state index contributed by atoms with van der Waals surface area (Å²) in [6.45, 7) is 6.52. The molecule has 3 rings (SSSR count). The van der Waals surface area contributed by atoms with Gasteiger partial charge in [-0.3, -0.25) is 14.5 Å². The molecule has 1 fully saturated rings. The van der Waals surface area contributed by atoms with Gasteiger partial charge in [-0.05, 0) is 56.2 Å². The van der Waals surface area contributed by atoms with Gasteiger partial charge in [0.2, 0.25) is 11.8 Å². The number of anilines is 1. The second kappa shape index (κ2) is 9.13. The Hall–Kier alpha value is -2.80. The van der Waals surface area contributed by atoms with Crippen LogP contribution in [0.3, 0.4) is 0 Å². The van der Waals surface area contributed by atoms with Crippen LogP contribution in [0.1, 0.15) is 24.5 Å². The highest BCUT2D eigenvalue weighted by Crippen LogP contribution is 2.30. The van der Waals surface area contributed by atoms with Crippen LogP contribution in [0.2, 0.25) is 0 Å². The Morgan fingerprint density at radius 2 is 2.03 bits per heavy atom. The highest BCUT2D eigenvalue weighted by molar-refractivity contribution is 8.15. The van der Waals surface area contributed by atoms with Gasteiger partial charge in [0, 0.05) is 25.2 Å². The molecule has 0 bridgehead atoms. The van der Waals surface area contributed by atoms with E-state index in [9.17, 15) is 9.59 Å². The van der Waals surface area contributed by atoms with Crippen molar-refractivity contribution in [2.75, 3.05) is 19.0 Å². The van der Waals surface area contributed by atoms with Crippen LogP contribution in [-0.2, 0) is 9.59 Å². The maximum absolute atomic E-state index is 12.8. The zero-order valence-electron chi connectivity index (χ0n) is 17.1. The first-order chi connectivity index (χ1) is 13.9. The van der Waals surface area contributed by atoms with Gasteiger partial charge in [0.05, 0.1) is 12.3 Å². The minimum Gasteiger partial charge on any atom is -0.494 e. The van der Waals surface area contributed by atoms with E-state index in [1.807, 2.05) is 51.1 Å². The van der Waals surface area contributed by atoms with Crippen LogP contribution < -0.4 is 10.1 Å². The predicted molar refractivity (Wildman–Crippen MR) is 118 cm³/mol. The molecule has 6 nitrogen and oxygen atoms in total. The smallest absolute Gasteiger partial charge is 0.238 e. The molecule has 0 aromatic heterocycles. The molecule has 152 valence electrons. The Balaban J connectivity index is 1.77. The van der Waals surface area contributed by atoms with E-state index in [4.69, 9.17) is 4.74 Å². The molecule has 1 atom stereocenters. The first kappa shape index (κ1) is 20.9. The number of ether oxygens (including phenoxy) is 1. The van der Waals surface area contributed by atoms with E-state index in [0.29, 0.717) is 23.2 Å². The van der Waals surface area contributed by atoms with Crippen molar-refractivity contribution in [3.8, 4) is 5.75 Å². The molecule has 0 unspecified atom stereocenters. The van der Waals surface area contributed by atoms with Crippen LogP contribution in [0.15, 0.2) is 47.5 Å². The number of nitrogens with one attached hydrogen (secondary N) is 1. The summed E-state index contributed by atoms with van der Waals surface area (Å²) in [5.41, 5.74) is 3.72. The lowest BCUT2D eigenvalue weighted by atomic mass is 10.1. The maximum Gasteiger partial charge on any atom is 0.238 e. The summed E-state index contributed by atoms with van der Waals surface area (Å²) in [6, 6.07) is 13.1. The molecule has 29 heavy (non-hydrogen) atoms. The molecule has 0 radical (unpaired) electrons. The Labute approximate surface area is 175 Å². The summed E-state index contributed by atoms with van der Waals surface area (Å²) in [6.07, 6.45) is 0.129. The van der Waals surface area contributed by atoms with Crippen LogP contribution in [0.25, 0.3) is 0 Å². The second-order valence-corrected chi connectivity index (χ2v) is 8.05. The number of hydrogen-bond acceptors (Lipinski definition) is 5. The topological polar surface area (TPSA) is 71.0 Å². The van der Waals surface area contributed by atoms with Crippen molar-refractivity contribution in [2.24, 2.45) is 4.99 Å². The van der Waals surface area contributed by atoms with Gasteiger partial charge < -0.3 is 10.1 Å². The van der Waals surface area contributed by atoms with E-state index >= 15 is 0 Å². The van der Waals surface area contributed by atoms with Crippen LogP contribution in [0, 0.1) is 13.8 Å². The Morgan fingerprint density at radius 1 is 1.24 bits per heavy atom. The van der Waals surface area contributed by atoms with Crippen molar-refractivity contribution < 1.29 is 14.3 Å². The molecule has 0 saturated carbocycles. The fourth-order valence-corrected chi connectivity index (χ4v) is 3.92. The third-order valence-corrected chi connectivity index (χ3v) is 5.93. The number of carbonyl (C=O) groups excluding carboxylic acids is 2. The first-order valence-electron chi connectivity index (χ1n) is 9.50. The van der Waals surface area contributed by atoms with Gasteiger partial charge in [-0.2, -0.15) is 0 Å². The molecule has 1 N–H and O–H groups in total. The largest absolute Gasteiger partial charge is 0.494 e. The zero-order chi connectivity index (χ0) is 21.0. The van der Waals surface area contributed by atoms with Crippen molar-refractivity contribution >= 4 is 40.1 Å². The molecule has 0 spiro atoms. The third kappa shape index (κ3) is 5.17. The van der Waals surface area contributed by atoms with Crippen LogP contribution >= 0.6 is 11.8 Å². The number of nitrogens with zero attached hydrogens (tertiary/aromatic N) is 2. The number of rotatable bonds is 5. The average molecular weight is 412 g/mol. The summed E-state index contributed by atoms with van der Waals surface area (Å²) < 4.78 is 5.47. The predicted octanol–water partition coefficient (Wildman–Crippen LogP) is 4.29. The fraction of sp³-hybridized carbons (Fsp3) is 0.318. The van der Waals surface area contributed by atoms with Crippen molar-refractivity contribution in [1.29, 1.82) is 0 Å². The standard InChI is InChI=1S/C22H25N3O3S/c1-5-28-18-8-6-7-16(12-18)23-21(27)19-13-20(26)25(4)22(29-19)24-17-10-9-14(2)15(3)11-17/h6-12,19H,5,13H2,1-4H3,(H,23,27)/t19-/m1/s1. The van der Waals surface area contributed by atoms with E-state index in [2.05, 4.69) is 10.3 Å². The Kier molecular flexibility index (Phi) is 6.59. The van der Waals surface area contributed by atoms with Crippen molar-refractivity contribution in [2.45, 2.75) is 32.4 Å². The number of aryl methyl sites for hydroxylation is 2. The number of thioether (sulfide) groups is 1. The Bertz CT molecular complexity index is 958. The van der Waals surface area contributed by atoms with E-state index < -0.39 is 5.25 Å². The van der Waals surface area contributed by atoms with E-state index in [-0.39, 0.29) is 18.2 Å². The molecule has 2 amide bonds. The number of benzene rings is 2. The van der Waals surface area contributed by atoms with Crippen LogP contribution in [0.4, 0.5) is 11.4 Å². The summed E-state index contributed by atoms with van der Waals surface area (Å²) >= 11 is 1.30. The molecular formula is C22H25N3O3S. The summed E-state index contributed by atoms with van der Waals surface area (Å²) in [4.78, 5) is 31.4. The molecule has 2 aromatic carbocycles. The van der Waals surface area contributed by atoms with Gasteiger partial charge in [-0.25, -0.2) is 4.99 Å². The van der Waals surface area contributed by atoms with E-state index in [0.717, 1.165) is 11.3 Å². The molecule has 7 heteroatoms. The molecular weight excluding hydrogens is 386 g/mol. The highest BCUT2D eigenvalue weighted by atomic mass is 32.2. The summed E-state index contributed by atoms with van der Waals surface area (Å²) in [5, 5.41) is 2.86. The monoisotopic (exact) mass is 411 g/mol. The fourth-order valence-electron chi connectivity index (χ4n) is 2.86. The summed E-state index contributed by atoms with van der Waals surface area (Å²) in [7, 11) is 1.69. The normalized spacial score (nSPS) is 18.1. The van der Waals surface area contributed by atoms with Gasteiger partial charge in [0.15, 0.2) is 5.17 Å². The van der Waals surface area contributed by atoms with Gasteiger partial charge >= 0.3 is 0 Å². The van der Waals surface area contributed by atoms with Crippen LogP contribution in [0.5, 0.6) is 5.75 Å². The summed E-state index contributed by atoms with van der Waals surface area (Å²) in [5.74, 6) is 0.335. The number of amides is 2. The average Bonchev–Trinajstić information content (AvgIpc) is 2.68. The van der Waals surface area contributed by atoms with Crippen molar-refractivity contribution in [1.82, 2.24) is 4.90 Å². The third-order valence-electron chi connectivity index (χ3n) is 4.69. The zero-order valence-corrected chi connectivity index (χ0v) is 17.9. The number of hydrogen-bond donors (Lipinski definition) is 1. The lowest BCUT2D eigenvalue weighted by Crippen LogP contribution is -2.43. The van der Waals surface area contributed by atoms with Crippen molar-refractivity contribution in [3.63, 3.8) is 0 Å². The van der Waals surface area contributed by atoms with E-state index in [1.54, 1.807) is 19.2 Å². The van der Waals surface area contributed by atoms with Gasteiger partial charge in [0.25, 0.3) is 0 Å². The minimum absolute atomic E-state index is 0.129. The number of carbonyl (C=O) groups is 2. The highest BCUT2D eigenvalue weighted by Gasteiger charge is 2.34. The first-order valence-corrected chi connectivity index (χ1v) is 10.4. The molecule has 1 heterocycles. The van der Waals surface area contributed by atoms with Gasteiger partial charge in [0.1, 0.15) is 11.0 Å². The molecule has 1 aliphatic heterocycles. The Morgan fingerprint density at radius 3 is 2.76 bits per heavy atom. The van der Waals surface area contributed by atoms with Crippen molar-refractivity contribution in [3.05, 3.63) is 53.6 Å². The number of aliphatic imine (C=N–C) groups is 1. The maximum atomic E-state index is 12.8. The quantitative estimate of drug-likeness (QED) is 0.797. The lowest BCUT2D eigenvalue weighted by Gasteiger charge is -2.28. The van der Waals surface area contributed by atoms with Gasteiger partial charge in [-0.1, -0.05) is 23.9 Å². The molecule has 2 aromatic rings. The molecule has 1 saturated heterocycles. The number of amidine groups is 1. The lowest BCUT2D eigenvalue weighted by molar-refractivity contribution is -0.128. The second-order valence-electron chi connectivity index (χ2n) is 6.88. The molecule has 0 aliphatic carbocycles. The van der Waals surface area contributed by atoms with Crippen LogP contribution in [-0.4, -0.2) is 40.8 Å². The minimum atomic E-state index is -0.542. The molecule has 1 aliphatic rings. The van der Waals surface area contributed by atoms with Gasteiger partial charge in [-0.15, -0.1) is 0 Å².